The number of carbonyl (C=O) groups is 3. The Balaban J connectivity index is 1.85. The number of carbonyl (C=O) groups excluding carboxylic acids is 2. The summed E-state index contributed by atoms with van der Waals surface area (Å²) in [6.45, 7) is 2.51. The van der Waals surface area contributed by atoms with Crippen molar-refractivity contribution < 1.29 is 19.5 Å². The molecule has 2 amide bonds. The van der Waals surface area contributed by atoms with Gasteiger partial charge in [0.1, 0.15) is 4.32 Å². The minimum Gasteiger partial charge on any atom is -0.481 e. The molecule has 6 nitrogen and oxygen atoms in total. The Kier molecular flexibility index (Phi) is 7.35. The molecular weight excluding hydrogens is 372 g/mol. The number of benzene rings is 1. The van der Waals surface area contributed by atoms with Crippen LogP contribution in [0.1, 0.15) is 30.4 Å². The highest BCUT2D eigenvalue weighted by Crippen LogP contribution is 2.32. The highest BCUT2D eigenvalue weighted by atomic mass is 32.2. The van der Waals surface area contributed by atoms with E-state index in [2.05, 4.69) is 5.32 Å². The van der Waals surface area contributed by atoms with Crippen molar-refractivity contribution in [2.75, 3.05) is 13.1 Å². The van der Waals surface area contributed by atoms with E-state index < -0.39 is 5.97 Å². The molecule has 0 spiro atoms. The maximum atomic E-state index is 12.5. The van der Waals surface area contributed by atoms with Gasteiger partial charge in [0.25, 0.3) is 5.91 Å². The summed E-state index contributed by atoms with van der Waals surface area (Å²) in [6, 6.07) is 7.82. The number of hydrogen-bond donors (Lipinski definition) is 2. The normalized spacial score (nSPS) is 15.6. The summed E-state index contributed by atoms with van der Waals surface area (Å²) in [5.41, 5.74) is 2.07. The lowest BCUT2D eigenvalue weighted by Crippen LogP contribution is -2.33. The van der Waals surface area contributed by atoms with Crippen LogP contribution >= 0.6 is 24.0 Å². The molecule has 1 aliphatic rings. The molecule has 0 aliphatic carbocycles. The van der Waals surface area contributed by atoms with Crippen LogP contribution in [0.2, 0.25) is 0 Å². The molecule has 0 unspecified atom stereocenters. The Bertz CT molecular complexity index is 744. The van der Waals surface area contributed by atoms with E-state index in [-0.39, 0.29) is 31.2 Å². The molecule has 1 fully saturated rings. The van der Waals surface area contributed by atoms with Crippen molar-refractivity contribution in [3.63, 3.8) is 0 Å². The quantitative estimate of drug-likeness (QED) is 0.402. The minimum absolute atomic E-state index is 0.0127. The number of carboxylic acids is 1. The molecule has 2 rings (SSSR count). The largest absolute Gasteiger partial charge is 0.481 e. The van der Waals surface area contributed by atoms with Gasteiger partial charge in [-0.3, -0.25) is 19.3 Å². The number of amides is 2. The van der Waals surface area contributed by atoms with E-state index in [1.807, 2.05) is 31.2 Å². The molecule has 1 aromatic carbocycles. The van der Waals surface area contributed by atoms with E-state index in [0.29, 0.717) is 22.2 Å². The van der Waals surface area contributed by atoms with Crippen molar-refractivity contribution in [1.29, 1.82) is 0 Å². The van der Waals surface area contributed by atoms with E-state index >= 15 is 0 Å². The summed E-state index contributed by atoms with van der Waals surface area (Å²) >= 11 is 6.48. The Morgan fingerprint density at radius 3 is 2.62 bits per heavy atom. The predicted octanol–water partition coefficient (Wildman–Crippen LogP) is 2.57. The number of nitrogens with one attached hydrogen (secondary N) is 1. The number of carboxylic acid groups (broad SMARTS) is 1. The maximum absolute atomic E-state index is 12.5. The molecule has 2 N–H and O–H groups in total. The summed E-state index contributed by atoms with van der Waals surface area (Å²) in [7, 11) is 0. The van der Waals surface area contributed by atoms with Gasteiger partial charge < -0.3 is 10.4 Å². The fourth-order valence-corrected chi connectivity index (χ4v) is 3.58. The number of thiocarbonyl (C=S) groups is 1. The van der Waals surface area contributed by atoms with Gasteiger partial charge in [0.05, 0.1) is 4.91 Å². The van der Waals surface area contributed by atoms with Crippen molar-refractivity contribution in [3.8, 4) is 0 Å². The zero-order chi connectivity index (χ0) is 19.1. The second-order valence-corrected chi connectivity index (χ2v) is 7.52. The van der Waals surface area contributed by atoms with E-state index in [1.165, 1.54) is 16.7 Å². The van der Waals surface area contributed by atoms with Gasteiger partial charge in [-0.05, 0) is 25.0 Å². The molecular formula is C18H20N2O4S2. The molecule has 138 valence electrons. The van der Waals surface area contributed by atoms with Crippen LogP contribution in [-0.4, -0.2) is 45.2 Å². The fourth-order valence-electron chi connectivity index (χ4n) is 2.28. The second-order valence-electron chi connectivity index (χ2n) is 5.84. The van der Waals surface area contributed by atoms with Gasteiger partial charge in [-0.1, -0.05) is 53.8 Å². The third kappa shape index (κ3) is 5.96. The van der Waals surface area contributed by atoms with Gasteiger partial charge in [-0.25, -0.2) is 0 Å². The Morgan fingerprint density at radius 2 is 1.96 bits per heavy atom. The summed E-state index contributed by atoms with van der Waals surface area (Å²) in [4.78, 5) is 36.7. The Morgan fingerprint density at radius 1 is 1.27 bits per heavy atom. The van der Waals surface area contributed by atoms with Crippen LogP contribution in [-0.2, 0) is 14.4 Å². The second kappa shape index (κ2) is 9.49. The average Bonchev–Trinajstić information content (AvgIpc) is 2.85. The number of aryl methyl sites for hydroxylation is 1. The number of nitrogens with zero attached hydrogens (tertiary/aromatic N) is 1. The molecule has 0 radical (unpaired) electrons. The van der Waals surface area contributed by atoms with Crippen LogP contribution in [0.3, 0.4) is 0 Å². The van der Waals surface area contributed by atoms with Crippen molar-refractivity contribution in [2.24, 2.45) is 0 Å². The van der Waals surface area contributed by atoms with Crippen molar-refractivity contribution in [2.45, 2.75) is 26.2 Å². The van der Waals surface area contributed by atoms with Gasteiger partial charge in [0.2, 0.25) is 5.91 Å². The summed E-state index contributed by atoms with van der Waals surface area (Å²) in [5, 5.41) is 11.2. The summed E-state index contributed by atoms with van der Waals surface area (Å²) < 4.78 is 0.437. The van der Waals surface area contributed by atoms with E-state index in [1.54, 1.807) is 6.08 Å². The first kappa shape index (κ1) is 20.1. The monoisotopic (exact) mass is 392 g/mol. The number of thioether (sulfide) groups is 1. The van der Waals surface area contributed by atoms with E-state index in [4.69, 9.17) is 17.3 Å². The van der Waals surface area contributed by atoms with Gasteiger partial charge in [0, 0.05) is 25.9 Å². The number of aliphatic carboxylic acids is 1. The third-order valence-electron chi connectivity index (χ3n) is 3.70. The van der Waals surface area contributed by atoms with Crippen LogP contribution in [0.25, 0.3) is 6.08 Å². The Labute approximate surface area is 161 Å². The maximum Gasteiger partial charge on any atom is 0.303 e. The molecule has 1 heterocycles. The SMILES string of the molecule is Cc1ccc(C=C2SC(=S)N(CCC(=O)NCCCC(=O)O)C2=O)cc1. The molecule has 0 bridgehead atoms. The Hall–Kier alpha value is -2.19. The van der Waals surface area contributed by atoms with Gasteiger partial charge in [-0.2, -0.15) is 0 Å². The van der Waals surface area contributed by atoms with Crippen molar-refractivity contribution in [3.05, 3.63) is 40.3 Å². The predicted molar refractivity (Wildman–Crippen MR) is 106 cm³/mol. The molecule has 1 saturated heterocycles. The van der Waals surface area contributed by atoms with Crippen LogP contribution in [0, 0.1) is 6.92 Å². The topological polar surface area (TPSA) is 86.7 Å². The highest BCUT2D eigenvalue weighted by Gasteiger charge is 2.31. The van der Waals surface area contributed by atoms with Crippen molar-refractivity contribution >= 4 is 52.2 Å². The summed E-state index contributed by atoms with van der Waals surface area (Å²) in [5.74, 6) is -1.32. The molecule has 1 aliphatic heterocycles. The van der Waals surface area contributed by atoms with Crippen molar-refractivity contribution in [1.82, 2.24) is 10.2 Å². The lowest BCUT2D eigenvalue weighted by molar-refractivity contribution is -0.137. The zero-order valence-electron chi connectivity index (χ0n) is 14.4. The molecule has 0 aromatic heterocycles. The smallest absolute Gasteiger partial charge is 0.303 e. The van der Waals surface area contributed by atoms with E-state index in [9.17, 15) is 14.4 Å². The first-order chi connectivity index (χ1) is 12.4. The summed E-state index contributed by atoms with van der Waals surface area (Å²) in [6.07, 6.45) is 2.31. The van der Waals surface area contributed by atoms with Crippen LogP contribution < -0.4 is 5.32 Å². The minimum atomic E-state index is -0.892. The molecule has 26 heavy (non-hydrogen) atoms. The highest BCUT2D eigenvalue weighted by molar-refractivity contribution is 8.26. The molecule has 8 heteroatoms. The first-order valence-electron chi connectivity index (χ1n) is 8.17. The van der Waals surface area contributed by atoms with E-state index in [0.717, 1.165) is 11.1 Å². The molecule has 0 saturated carbocycles. The van der Waals surface area contributed by atoms with Gasteiger partial charge >= 0.3 is 5.97 Å². The average molecular weight is 393 g/mol. The van der Waals surface area contributed by atoms with Crippen LogP contribution in [0.15, 0.2) is 29.2 Å². The van der Waals surface area contributed by atoms with Crippen LogP contribution in [0.4, 0.5) is 0 Å². The first-order valence-corrected chi connectivity index (χ1v) is 9.40. The lowest BCUT2D eigenvalue weighted by atomic mass is 10.1. The van der Waals surface area contributed by atoms with Gasteiger partial charge in [-0.15, -0.1) is 0 Å². The third-order valence-corrected chi connectivity index (χ3v) is 5.08. The molecule has 0 atom stereocenters. The molecule has 1 aromatic rings. The standard InChI is InChI=1S/C18H20N2O4S2/c1-12-4-6-13(7-5-12)11-14-17(24)20(18(25)26-14)10-8-15(21)19-9-2-3-16(22)23/h4-7,11H,2-3,8-10H2,1H3,(H,19,21)(H,22,23). The van der Waals surface area contributed by atoms with Crippen LogP contribution in [0.5, 0.6) is 0 Å². The number of hydrogen-bond acceptors (Lipinski definition) is 5. The fraction of sp³-hybridized carbons (Fsp3) is 0.333. The lowest BCUT2D eigenvalue weighted by Gasteiger charge is -2.14. The number of rotatable bonds is 8. The zero-order valence-corrected chi connectivity index (χ0v) is 16.0. The van der Waals surface area contributed by atoms with Gasteiger partial charge in [0.15, 0.2) is 0 Å².